The molecule has 0 spiro atoms. The molecule has 2 aliphatic heterocycles. The van der Waals surface area contributed by atoms with Crippen LogP contribution in [0.5, 0.6) is 0 Å². The third kappa shape index (κ3) is 5.70. The van der Waals surface area contributed by atoms with E-state index < -0.39 is 0 Å². The second-order valence-corrected chi connectivity index (χ2v) is 7.69. The summed E-state index contributed by atoms with van der Waals surface area (Å²) in [7, 11) is 2.17. The number of nitrogens with zero attached hydrogens (tertiary/aromatic N) is 3. The number of carbonyl (C=O) groups excluding carboxylic acids is 2. The predicted octanol–water partition coefficient (Wildman–Crippen LogP) is 1.96. The van der Waals surface area contributed by atoms with Crippen LogP contribution < -0.4 is 5.32 Å². The highest BCUT2D eigenvalue weighted by Gasteiger charge is 2.27. The number of likely N-dealkylation sites (tertiary alicyclic amines) is 1. The molecular formula is C21H32N4O2. The van der Waals surface area contributed by atoms with Gasteiger partial charge >= 0.3 is 6.03 Å². The van der Waals surface area contributed by atoms with Gasteiger partial charge in [-0.1, -0.05) is 36.8 Å². The zero-order valence-corrected chi connectivity index (χ0v) is 16.4. The molecule has 6 heteroatoms. The predicted molar refractivity (Wildman–Crippen MR) is 107 cm³/mol. The number of nitrogens with one attached hydrogen (secondary N) is 1. The molecule has 0 aliphatic carbocycles. The third-order valence-electron chi connectivity index (χ3n) is 5.79. The standard InChI is InChI=1S/C21H32N4O2/c1-23-13-6-5-9-19(23)10-12-22-21(27)25-16-15-24(20(26)17-25)14-11-18-7-3-2-4-8-18/h2-4,7-8,19H,5-6,9-17H2,1H3,(H,22,27)/t19-/m0/s1. The molecule has 1 N–H and O–H groups in total. The molecule has 1 atom stereocenters. The second kappa shape index (κ2) is 9.74. The summed E-state index contributed by atoms with van der Waals surface area (Å²) >= 11 is 0. The molecule has 2 heterocycles. The minimum atomic E-state index is -0.107. The van der Waals surface area contributed by atoms with Crippen LogP contribution in [0.15, 0.2) is 30.3 Å². The van der Waals surface area contributed by atoms with Gasteiger partial charge in [-0.2, -0.15) is 0 Å². The molecule has 0 bridgehead atoms. The number of rotatable bonds is 6. The lowest BCUT2D eigenvalue weighted by Crippen LogP contribution is -2.55. The summed E-state index contributed by atoms with van der Waals surface area (Å²) < 4.78 is 0. The van der Waals surface area contributed by atoms with Crippen LogP contribution in [0.1, 0.15) is 31.2 Å². The summed E-state index contributed by atoms with van der Waals surface area (Å²) in [5, 5.41) is 3.00. The van der Waals surface area contributed by atoms with Gasteiger partial charge in [-0.05, 0) is 44.8 Å². The highest BCUT2D eigenvalue weighted by atomic mass is 16.2. The Hall–Kier alpha value is -2.08. The minimum Gasteiger partial charge on any atom is -0.339 e. The Morgan fingerprint density at radius 1 is 1.15 bits per heavy atom. The van der Waals surface area contributed by atoms with Gasteiger partial charge in [0.05, 0.1) is 0 Å². The highest BCUT2D eigenvalue weighted by molar-refractivity contribution is 5.85. The molecule has 27 heavy (non-hydrogen) atoms. The molecule has 2 aliphatic rings. The van der Waals surface area contributed by atoms with Crippen molar-refractivity contribution in [2.24, 2.45) is 0 Å². The monoisotopic (exact) mass is 372 g/mol. The molecular weight excluding hydrogens is 340 g/mol. The van der Waals surface area contributed by atoms with Crippen LogP contribution in [-0.2, 0) is 11.2 Å². The van der Waals surface area contributed by atoms with Gasteiger partial charge < -0.3 is 20.0 Å². The number of urea groups is 1. The maximum Gasteiger partial charge on any atom is 0.317 e. The highest BCUT2D eigenvalue weighted by Crippen LogP contribution is 2.17. The van der Waals surface area contributed by atoms with Crippen molar-refractivity contribution in [1.29, 1.82) is 0 Å². The van der Waals surface area contributed by atoms with E-state index in [0.717, 1.165) is 19.4 Å². The second-order valence-electron chi connectivity index (χ2n) is 7.69. The number of hydrogen-bond acceptors (Lipinski definition) is 3. The molecule has 3 amide bonds. The van der Waals surface area contributed by atoms with Gasteiger partial charge in [0.15, 0.2) is 0 Å². The van der Waals surface area contributed by atoms with Crippen molar-refractivity contribution < 1.29 is 9.59 Å². The smallest absolute Gasteiger partial charge is 0.317 e. The van der Waals surface area contributed by atoms with E-state index in [9.17, 15) is 9.59 Å². The van der Waals surface area contributed by atoms with Gasteiger partial charge in [-0.3, -0.25) is 4.79 Å². The Morgan fingerprint density at radius 3 is 2.70 bits per heavy atom. The van der Waals surface area contributed by atoms with E-state index in [0.29, 0.717) is 32.2 Å². The van der Waals surface area contributed by atoms with E-state index in [1.165, 1.54) is 24.8 Å². The largest absolute Gasteiger partial charge is 0.339 e. The molecule has 1 aromatic rings. The van der Waals surface area contributed by atoms with Crippen molar-refractivity contribution >= 4 is 11.9 Å². The first-order chi connectivity index (χ1) is 13.1. The number of hydrogen-bond donors (Lipinski definition) is 1. The van der Waals surface area contributed by atoms with Crippen LogP contribution in [0, 0.1) is 0 Å². The molecule has 148 valence electrons. The first kappa shape index (κ1) is 19.7. The van der Waals surface area contributed by atoms with Crippen molar-refractivity contribution in [3.63, 3.8) is 0 Å². The lowest BCUT2D eigenvalue weighted by molar-refractivity contribution is -0.134. The fourth-order valence-corrected chi connectivity index (χ4v) is 3.99. The average molecular weight is 373 g/mol. The molecule has 0 saturated carbocycles. The normalized spacial score (nSPS) is 21.4. The molecule has 0 radical (unpaired) electrons. The van der Waals surface area contributed by atoms with E-state index in [4.69, 9.17) is 0 Å². The third-order valence-corrected chi connectivity index (χ3v) is 5.79. The van der Waals surface area contributed by atoms with Crippen LogP contribution in [0.3, 0.4) is 0 Å². The zero-order chi connectivity index (χ0) is 19.1. The summed E-state index contributed by atoms with van der Waals surface area (Å²) in [6, 6.07) is 10.7. The van der Waals surface area contributed by atoms with Crippen molar-refractivity contribution in [2.75, 3.05) is 46.3 Å². The Kier molecular flexibility index (Phi) is 7.10. The van der Waals surface area contributed by atoms with E-state index in [1.807, 2.05) is 23.1 Å². The quantitative estimate of drug-likeness (QED) is 0.831. The van der Waals surface area contributed by atoms with Gasteiger partial charge in [0.2, 0.25) is 5.91 Å². The van der Waals surface area contributed by atoms with Crippen LogP contribution >= 0.6 is 0 Å². The van der Waals surface area contributed by atoms with E-state index in [1.54, 1.807) is 4.90 Å². The fourth-order valence-electron chi connectivity index (χ4n) is 3.99. The van der Waals surface area contributed by atoms with Gasteiger partial charge in [0, 0.05) is 32.2 Å². The Morgan fingerprint density at radius 2 is 1.96 bits per heavy atom. The molecule has 2 saturated heterocycles. The number of amides is 3. The summed E-state index contributed by atoms with van der Waals surface area (Å²) in [4.78, 5) is 30.7. The van der Waals surface area contributed by atoms with Gasteiger partial charge in [-0.25, -0.2) is 4.79 Å². The number of piperidine rings is 1. The first-order valence-electron chi connectivity index (χ1n) is 10.2. The summed E-state index contributed by atoms with van der Waals surface area (Å²) in [6.45, 7) is 3.95. The summed E-state index contributed by atoms with van der Waals surface area (Å²) in [5.74, 6) is 0.0411. The van der Waals surface area contributed by atoms with Gasteiger partial charge in [0.25, 0.3) is 0 Å². The van der Waals surface area contributed by atoms with Crippen molar-refractivity contribution in [3.05, 3.63) is 35.9 Å². The fraction of sp³-hybridized carbons (Fsp3) is 0.619. The molecule has 2 fully saturated rings. The van der Waals surface area contributed by atoms with Crippen molar-refractivity contribution in [3.8, 4) is 0 Å². The van der Waals surface area contributed by atoms with Crippen LogP contribution in [0.4, 0.5) is 4.79 Å². The number of benzene rings is 1. The molecule has 6 nitrogen and oxygen atoms in total. The van der Waals surface area contributed by atoms with Crippen LogP contribution in [0.2, 0.25) is 0 Å². The lowest BCUT2D eigenvalue weighted by Gasteiger charge is -2.35. The molecule has 0 aromatic heterocycles. The molecule has 3 rings (SSSR count). The SMILES string of the molecule is CN1CCCC[C@H]1CCNC(=O)N1CCN(CCc2ccccc2)C(=O)C1. The van der Waals surface area contributed by atoms with Crippen LogP contribution in [0.25, 0.3) is 0 Å². The van der Waals surface area contributed by atoms with Gasteiger partial charge in [0.1, 0.15) is 6.54 Å². The number of piperazine rings is 1. The maximum absolute atomic E-state index is 12.4. The van der Waals surface area contributed by atoms with Gasteiger partial charge in [-0.15, -0.1) is 0 Å². The van der Waals surface area contributed by atoms with E-state index in [-0.39, 0.29) is 18.5 Å². The van der Waals surface area contributed by atoms with Crippen LogP contribution in [-0.4, -0.2) is 79.0 Å². The summed E-state index contributed by atoms with van der Waals surface area (Å²) in [5.41, 5.74) is 1.23. The molecule has 0 unspecified atom stereocenters. The Balaban J connectivity index is 1.37. The van der Waals surface area contributed by atoms with E-state index >= 15 is 0 Å². The Labute approximate surface area is 162 Å². The minimum absolute atomic E-state index is 0.0411. The van der Waals surface area contributed by atoms with Crippen molar-refractivity contribution in [1.82, 2.24) is 20.0 Å². The maximum atomic E-state index is 12.4. The topological polar surface area (TPSA) is 55.9 Å². The average Bonchev–Trinajstić information content (AvgIpc) is 2.69. The zero-order valence-electron chi connectivity index (χ0n) is 16.4. The number of carbonyl (C=O) groups is 2. The lowest BCUT2D eigenvalue weighted by atomic mass is 10.0. The Bertz CT molecular complexity index is 622. The first-order valence-corrected chi connectivity index (χ1v) is 10.2. The van der Waals surface area contributed by atoms with Crippen molar-refractivity contribution in [2.45, 2.75) is 38.1 Å². The van der Waals surface area contributed by atoms with E-state index in [2.05, 4.69) is 29.4 Å². The molecule has 1 aromatic carbocycles. The summed E-state index contributed by atoms with van der Waals surface area (Å²) in [6.07, 6.45) is 5.60.